The van der Waals surface area contributed by atoms with Crippen molar-refractivity contribution in [1.29, 1.82) is 5.26 Å². The fourth-order valence-electron chi connectivity index (χ4n) is 2.42. The van der Waals surface area contributed by atoms with Crippen LogP contribution < -0.4 is 0 Å². The lowest BCUT2D eigenvalue weighted by Gasteiger charge is -2.09. The van der Waals surface area contributed by atoms with Gasteiger partial charge >= 0.3 is 0 Å². The van der Waals surface area contributed by atoms with Gasteiger partial charge in [0.25, 0.3) is 0 Å². The van der Waals surface area contributed by atoms with Gasteiger partial charge in [-0.05, 0) is 19.4 Å². The second-order valence-corrected chi connectivity index (χ2v) is 4.97. The molecule has 0 aliphatic heterocycles. The van der Waals surface area contributed by atoms with Gasteiger partial charge in [-0.2, -0.15) is 14.9 Å². The second-order valence-electron chi connectivity index (χ2n) is 4.97. The Kier molecular flexibility index (Phi) is 3.07. The Morgan fingerprint density at radius 1 is 1.19 bits per heavy atom. The van der Waals surface area contributed by atoms with E-state index in [4.69, 9.17) is 5.26 Å². The van der Waals surface area contributed by atoms with Crippen LogP contribution >= 0.6 is 0 Å². The number of aryl methyl sites for hydroxylation is 2. The van der Waals surface area contributed by atoms with Crippen molar-refractivity contribution in [3.63, 3.8) is 0 Å². The van der Waals surface area contributed by atoms with Gasteiger partial charge in [-0.1, -0.05) is 30.3 Å². The molecule has 0 fully saturated rings. The summed E-state index contributed by atoms with van der Waals surface area (Å²) in [5, 5.41) is 23.9. The Hall–Kier alpha value is -2.87. The number of aromatic hydroxyl groups is 1. The number of hydrogen-bond acceptors (Lipinski definition) is 4. The third kappa shape index (κ3) is 2.11. The van der Waals surface area contributed by atoms with Crippen molar-refractivity contribution < 1.29 is 5.11 Å². The minimum Gasteiger partial charge on any atom is -0.493 e. The normalized spacial score (nSPS) is 10.7. The molecule has 104 valence electrons. The Labute approximate surface area is 122 Å². The van der Waals surface area contributed by atoms with E-state index in [1.807, 2.05) is 37.3 Å². The van der Waals surface area contributed by atoms with E-state index >= 15 is 0 Å². The lowest BCUT2D eigenvalue weighted by atomic mass is 10.0. The molecule has 0 unspecified atom stereocenters. The first kappa shape index (κ1) is 13.1. The summed E-state index contributed by atoms with van der Waals surface area (Å²) in [6.45, 7) is 3.57. The Balaban J connectivity index is 2.19. The topological polar surface area (TPSA) is 74.2 Å². The molecule has 1 N–H and O–H groups in total. The van der Waals surface area contributed by atoms with Gasteiger partial charge in [0.2, 0.25) is 5.88 Å². The van der Waals surface area contributed by atoms with Gasteiger partial charge in [-0.25, -0.2) is 4.98 Å². The van der Waals surface area contributed by atoms with Crippen LogP contribution in [0.4, 0.5) is 0 Å². The van der Waals surface area contributed by atoms with Gasteiger partial charge in [-0.3, -0.25) is 0 Å². The van der Waals surface area contributed by atoms with Gasteiger partial charge in [-0.15, -0.1) is 0 Å². The van der Waals surface area contributed by atoms with Crippen molar-refractivity contribution >= 4 is 5.65 Å². The molecule has 1 aromatic carbocycles. The molecule has 5 heteroatoms. The van der Waals surface area contributed by atoms with E-state index in [1.165, 1.54) is 4.52 Å². The van der Waals surface area contributed by atoms with Crippen LogP contribution in [0.3, 0.4) is 0 Å². The van der Waals surface area contributed by atoms with Crippen LogP contribution in [0.15, 0.2) is 30.3 Å². The van der Waals surface area contributed by atoms with Crippen molar-refractivity contribution in [1.82, 2.24) is 14.6 Å². The van der Waals surface area contributed by atoms with E-state index in [2.05, 4.69) is 16.2 Å². The maximum atomic E-state index is 10.5. The van der Waals surface area contributed by atoms with E-state index in [-0.39, 0.29) is 5.88 Å². The van der Waals surface area contributed by atoms with Crippen LogP contribution in [0.2, 0.25) is 0 Å². The smallest absolute Gasteiger partial charge is 0.219 e. The molecule has 3 aromatic rings. The minimum absolute atomic E-state index is 0.0472. The van der Waals surface area contributed by atoms with E-state index in [0.717, 1.165) is 11.1 Å². The summed E-state index contributed by atoms with van der Waals surface area (Å²) in [5.41, 5.74) is 3.89. The molecule has 21 heavy (non-hydrogen) atoms. The maximum Gasteiger partial charge on any atom is 0.219 e. The number of aromatic nitrogens is 3. The maximum absolute atomic E-state index is 10.5. The average molecular weight is 278 g/mol. The zero-order valence-corrected chi connectivity index (χ0v) is 11.8. The van der Waals surface area contributed by atoms with Gasteiger partial charge in [0.1, 0.15) is 11.6 Å². The molecule has 5 nitrogen and oxygen atoms in total. The summed E-state index contributed by atoms with van der Waals surface area (Å²) in [6, 6.07) is 11.9. The number of hydrogen-bond donors (Lipinski definition) is 1. The molecule has 0 atom stereocenters. The number of nitriles is 1. The lowest BCUT2D eigenvalue weighted by molar-refractivity contribution is 0.427. The quantitative estimate of drug-likeness (QED) is 0.781. The van der Waals surface area contributed by atoms with E-state index in [0.29, 0.717) is 29.0 Å². The molecular weight excluding hydrogens is 264 g/mol. The fourth-order valence-corrected chi connectivity index (χ4v) is 2.42. The van der Waals surface area contributed by atoms with Crippen molar-refractivity contribution in [2.75, 3.05) is 0 Å². The zero-order valence-electron chi connectivity index (χ0n) is 11.8. The first-order valence-corrected chi connectivity index (χ1v) is 6.63. The third-order valence-electron chi connectivity index (χ3n) is 3.55. The molecule has 0 aliphatic rings. The number of fused-ring (bicyclic) bond motifs is 1. The van der Waals surface area contributed by atoms with Gasteiger partial charge in [0, 0.05) is 17.7 Å². The first-order valence-electron chi connectivity index (χ1n) is 6.63. The highest BCUT2D eigenvalue weighted by Crippen LogP contribution is 2.26. The van der Waals surface area contributed by atoms with Crippen LogP contribution in [-0.2, 0) is 6.42 Å². The van der Waals surface area contributed by atoms with Crippen molar-refractivity contribution in [2.24, 2.45) is 0 Å². The summed E-state index contributed by atoms with van der Waals surface area (Å²) in [7, 11) is 0. The Bertz CT molecular complexity index is 860. The predicted octanol–water partition coefficient (Wildman–Crippen LogP) is 2.51. The number of rotatable bonds is 2. The zero-order chi connectivity index (χ0) is 15.0. The third-order valence-corrected chi connectivity index (χ3v) is 3.55. The van der Waals surface area contributed by atoms with Crippen molar-refractivity contribution in [3.8, 4) is 11.9 Å². The minimum atomic E-state index is 0.0472. The average Bonchev–Trinajstić information content (AvgIpc) is 2.80. The number of benzene rings is 1. The molecule has 0 spiro atoms. The fraction of sp³-hybridized carbons (Fsp3) is 0.188. The van der Waals surface area contributed by atoms with Crippen LogP contribution in [-0.4, -0.2) is 19.7 Å². The van der Waals surface area contributed by atoms with Crippen molar-refractivity contribution in [3.05, 3.63) is 58.4 Å². The molecule has 0 amide bonds. The monoisotopic (exact) mass is 278 g/mol. The summed E-state index contributed by atoms with van der Waals surface area (Å²) < 4.78 is 1.35. The van der Waals surface area contributed by atoms with Gasteiger partial charge in [0.05, 0.1) is 5.69 Å². The SMILES string of the molecule is Cc1nc2c(C#N)c(C)nn2c(O)c1Cc1ccccc1. The van der Waals surface area contributed by atoms with E-state index < -0.39 is 0 Å². The van der Waals surface area contributed by atoms with Gasteiger partial charge in [0.15, 0.2) is 5.65 Å². The summed E-state index contributed by atoms with van der Waals surface area (Å²) in [6.07, 6.45) is 0.572. The molecule has 0 aliphatic carbocycles. The highest BCUT2D eigenvalue weighted by atomic mass is 16.3. The van der Waals surface area contributed by atoms with Gasteiger partial charge < -0.3 is 5.11 Å². The van der Waals surface area contributed by atoms with Crippen LogP contribution in [0.25, 0.3) is 5.65 Å². The van der Waals surface area contributed by atoms with E-state index in [9.17, 15) is 5.11 Å². The molecule has 0 saturated heterocycles. The molecule has 3 rings (SSSR count). The first-order chi connectivity index (χ1) is 10.1. The van der Waals surface area contributed by atoms with Crippen molar-refractivity contribution in [2.45, 2.75) is 20.3 Å². The molecule has 0 radical (unpaired) electrons. The Morgan fingerprint density at radius 2 is 1.90 bits per heavy atom. The predicted molar refractivity (Wildman–Crippen MR) is 78.1 cm³/mol. The largest absolute Gasteiger partial charge is 0.493 e. The highest BCUT2D eigenvalue weighted by Gasteiger charge is 2.18. The summed E-state index contributed by atoms with van der Waals surface area (Å²) >= 11 is 0. The molecule has 0 saturated carbocycles. The standard InChI is InChI=1S/C16H14N4O/c1-10-13(8-12-6-4-3-5-7-12)16(21)20-15(18-10)14(9-17)11(2)19-20/h3-7,21H,8H2,1-2H3. The second kappa shape index (κ2) is 4.91. The summed E-state index contributed by atoms with van der Waals surface area (Å²) in [4.78, 5) is 4.44. The van der Waals surface area contributed by atoms with Crippen LogP contribution in [0.1, 0.15) is 28.1 Å². The Morgan fingerprint density at radius 3 is 2.57 bits per heavy atom. The van der Waals surface area contributed by atoms with E-state index in [1.54, 1.807) is 6.92 Å². The molecule has 0 bridgehead atoms. The van der Waals surface area contributed by atoms with Crippen LogP contribution in [0, 0.1) is 25.2 Å². The highest BCUT2D eigenvalue weighted by molar-refractivity contribution is 5.60. The molecular formula is C16H14N4O. The number of nitrogens with zero attached hydrogens (tertiary/aromatic N) is 4. The molecule has 2 aromatic heterocycles. The van der Waals surface area contributed by atoms with Crippen LogP contribution in [0.5, 0.6) is 5.88 Å². The lowest BCUT2D eigenvalue weighted by Crippen LogP contribution is -2.02. The molecule has 2 heterocycles. The summed E-state index contributed by atoms with van der Waals surface area (Å²) in [5.74, 6) is 0.0472.